The molecular weight excluding hydrogens is 458 g/mol. The van der Waals surface area contributed by atoms with Crippen molar-refractivity contribution in [2.45, 2.75) is 39.3 Å². The zero-order chi connectivity index (χ0) is 24.6. The maximum atomic E-state index is 12.6. The molecule has 0 spiro atoms. The minimum absolute atomic E-state index is 0.0128. The second-order valence-corrected chi connectivity index (χ2v) is 10.4. The van der Waals surface area contributed by atoms with Gasteiger partial charge in [-0.1, -0.05) is 24.3 Å². The monoisotopic (exact) mass is 491 g/mol. The summed E-state index contributed by atoms with van der Waals surface area (Å²) in [7, 11) is -1.85. The molecule has 2 amide bonds. The molecule has 9 nitrogen and oxygen atoms in total. The van der Waals surface area contributed by atoms with Gasteiger partial charge in [-0.3, -0.25) is 0 Å². The number of carbonyl (C=O) groups excluding carboxylic acids is 1. The Bertz CT molecular complexity index is 1030. The zero-order valence-electron chi connectivity index (χ0n) is 19.8. The fraction of sp³-hybridized carbons (Fsp3) is 0.458. The molecule has 1 saturated heterocycles. The maximum Gasteiger partial charge on any atom is 0.319 e. The predicted molar refractivity (Wildman–Crippen MR) is 130 cm³/mol. The summed E-state index contributed by atoms with van der Waals surface area (Å²) in [6.45, 7) is 5.21. The van der Waals surface area contributed by atoms with Gasteiger partial charge in [0.1, 0.15) is 5.75 Å². The van der Waals surface area contributed by atoms with E-state index in [-0.39, 0.29) is 24.5 Å². The minimum Gasteiger partial charge on any atom is -0.497 e. The first-order valence-electron chi connectivity index (χ1n) is 11.2. The van der Waals surface area contributed by atoms with Crippen molar-refractivity contribution < 1.29 is 27.4 Å². The van der Waals surface area contributed by atoms with Crippen LogP contribution < -0.4 is 15.4 Å². The summed E-state index contributed by atoms with van der Waals surface area (Å²) in [5.74, 6) is 0.628. The molecule has 1 aliphatic rings. The maximum absolute atomic E-state index is 12.6. The molecule has 0 saturated carbocycles. The second kappa shape index (κ2) is 12.2. The zero-order valence-corrected chi connectivity index (χ0v) is 20.6. The van der Waals surface area contributed by atoms with E-state index in [0.29, 0.717) is 32.0 Å². The average molecular weight is 492 g/mol. The molecule has 2 N–H and O–H groups in total. The van der Waals surface area contributed by atoms with Gasteiger partial charge in [0.15, 0.2) is 0 Å². The van der Waals surface area contributed by atoms with Crippen LogP contribution in [-0.4, -0.2) is 63.5 Å². The van der Waals surface area contributed by atoms with E-state index in [2.05, 4.69) is 10.6 Å². The van der Waals surface area contributed by atoms with Gasteiger partial charge >= 0.3 is 6.03 Å². The van der Waals surface area contributed by atoms with Crippen LogP contribution in [0.2, 0.25) is 0 Å². The van der Waals surface area contributed by atoms with Crippen LogP contribution in [0.15, 0.2) is 48.5 Å². The minimum atomic E-state index is -3.47. The summed E-state index contributed by atoms with van der Waals surface area (Å²) in [5, 5.41) is 5.35. The van der Waals surface area contributed by atoms with Crippen molar-refractivity contribution in [3.8, 4) is 5.75 Å². The van der Waals surface area contributed by atoms with E-state index in [9.17, 15) is 13.2 Å². The Morgan fingerprint density at radius 1 is 1.06 bits per heavy atom. The third kappa shape index (κ3) is 7.98. The van der Waals surface area contributed by atoms with Crippen LogP contribution in [0.5, 0.6) is 5.75 Å². The molecule has 2 unspecified atom stereocenters. The molecule has 3 rings (SSSR count). The molecule has 1 heterocycles. The molecule has 10 heteroatoms. The number of benzene rings is 2. The average Bonchev–Trinajstić information content (AvgIpc) is 2.79. The topological polar surface area (TPSA) is 106 Å². The lowest BCUT2D eigenvalue weighted by atomic mass is 10.2. The Morgan fingerprint density at radius 2 is 1.74 bits per heavy atom. The van der Waals surface area contributed by atoms with Gasteiger partial charge in [-0.25, -0.2) is 13.2 Å². The van der Waals surface area contributed by atoms with Crippen LogP contribution >= 0.6 is 0 Å². The van der Waals surface area contributed by atoms with Crippen LogP contribution in [-0.2, 0) is 32.7 Å². The van der Waals surface area contributed by atoms with Crippen LogP contribution in [0, 0.1) is 0 Å². The van der Waals surface area contributed by atoms with Crippen LogP contribution in [0.4, 0.5) is 10.5 Å². The van der Waals surface area contributed by atoms with Gasteiger partial charge in [-0.15, -0.1) is 0 Å². The number of hydrogen-bond acceptors (Lipinski definition) is 6. The molecule has 34 heavy (non-hydrogen) atoms. The molecule has 0 aliphatic carbocycles. The quantitative estimate of drug-likeness (QED) is 0.529. The molecule has 2 atom stereocenters. The SMILES string of the molecule is COc1ccc(COCc2cccc(NC(=O)NCCS(=O)(=O)N3CC(C)OC(C)C3)c2)cc1. The Morgan fingerprint density at radius 3 is 2.41 bits per heavy atom. The van der Waals surface area contributed by atoms with Gasteiger partial charge in [0.25, 0.3) is 0 Å². The molecule has 0 aromatic heterocycles. The lowest BCUT2D eigenvalue weighted by Gasteiger charge is -2.34. The van der Waals surface area contributed by atoms with Crippen molar-refractivity contribution >= 4 is 21.7 Å². The van der Waals surface area contributed by atoms with Gasteiger partial charge in [-0.05, 0) is 49.2 Å². The fourth-order valence-electron chi connectivity index (χ4n) is 3.70. The summed E-state index contributed by atoms with van der Waals surface area (Å²) in [6, 6.07) is 14.5. The smallest absolute Gasteiger partial charge is 0.319 e. The van der Waals surface area contributed by atoms with E-state index in [1.807, 2.05) is 56.3 Å². The number of morpholine rings is 1. The molecule has 0 bridgehead atoms. The number of rotatable bonds is 10. The summed E-state index contributed by atoms with van der Waals surface area (Å²) >= 11 is 0. The second-order valence-electron chi connectivity index (χ2n) is 8.31. The van der Waals surface area contributed by atoms with Crippen molar-refractivity contribution in [2.75, 3.05) is 37.8 Å². The summed E-state index contributed by atoms with van der Waals surface area (Å²) < 4.78 is 43.1. The Kier molecular flexibility index (Phi) is 9.28. The number of hydrogen-bond donors (Lipinski definition) is 2. The van der Waals surface area contributed by atoms with E-state index in [4.69, 9.17) is 14.2 Å². The molecule has 2 aromatic carbocycles. The Hall–Kier alpha value is -2.66. The molecule has 0 radical (unpaired) electrons. The first-order valence-corrected chi connectivity index (χ1v) is 12.8. The number of ether oxygens (including phenoxy) is 3. The van der Waals surface area contributed by atoms with Crippen LogP contribution in [0.1, 0.15) is 25.0 Å². The molecule has 186 valence electrons. The van der Waals surface area contributed by atoms with E-state index < -0.39 is 16.1 Å². The Labute approximate surface area is 201 Å². The van der Waals surface area contributed by atoms with Crippen molar-refractivity contribution in [2.24, 2.45) is 0 Å². The number of nitrogens with one attached hydrogen (secondary N) is 2. The highest BCUT2D eigenvalue weighted by Crippen LogP contribution is 2.16. The summed E-state index contributed by atoms with van der Waals surface area (Å²) in [4.78, 5) is 12.2. The first-order chi connectivity index (χ1) is 16.2. The molecule has 2 aromatic rings. The van der Waals surface area contributed by atoms with Gasteiger partial charge < -0.3 is 24.8 Å². The van der Waals surface area contributed by atoms with Crippen molar-refractivity contribution in [1.29, 1.82) is 0 Å². The van der Waals surface area contributed by atoms with Crippen LogP contribution in [0.25, 0.3) is 0 Å². The number of nitrogens with zero attached hydrogens (tertiary/aromatic N) is 1. The van der Waals surface area contributed by atoms with E-state index >= 15 is 0 Å². The van der Waals surface area contributed by atoms with E-state index in [0.717, 1.165) is 16.9 Å². The number of methoxy groups -OCH3 is 1. The van der Waals surface area contributed by atoms with Crippen LogP contribution in [0.3, 0.4) is 0 Å². The van der Waals surface area contributed by atoms with E-state index in [1.54, 1.807) is 13.2 Å². The van der Waals surface area contributed by atoms with E-state index in [1.165, 1.54) is 4.31 Å². The van der Waals surface area contributed by atoms with Gasteiger partial charge in [0.05, 0.1) is 38.3 Å². The van der Waals surface area contributed by atoms with Crippen molar-refractivity contribution in [3.63, 3.8) is 0 Å². The predicted octanol–water partition coefficient (Wildman–Crippen LogP) is 2.97. The normalized spacial score (nSPS) is 18.9. The summed E-state index contributed by atoms with van der Waals surface area (Å²) in [5.41, 5.74) is 2.54. The third-order valence-electron chi connectivity index (χ3n) is 5.31. The molecule has 1 fully saturated rings. The standard InChI is InChI=1S/C24H33N3O6S/c1-18-14-27(15-19(2)33-18)34(29,30)12-11-25-24(28)26-22-6-4-5-21(13-22)17-32-16-20-7-9-23(31-3)10-8-20/h4-10,13,18-19H,11-12,14-17H2,1-3H3,(H2,25,26,28). The largest absolute Gasteiger partial charge is 0.497 e. The number of urea groups is 1. The molecule has 1 aliphatic heterocycles. The number of amides is 2. The lowest BCUT2D eigenvalue weighted by molar-refractivity contribution is -0.0440. The van der Waals surface area contributed by atoms with Crippen molar-refractivity contribution in [1.82, 2.24) is 9.62 Å². The summed E-state index contributed by atoms with van der Waals surface area (Å²) in [6.07, 6.45) is -0.301. The van der Waals surface area contributed by atoms with Gasteiger partial charge in [0.2, 0.25) is 10.0 Å². The van der Waals surface area contributed by atoms with Gasteiger partial charge in [-0.2, -0.15) is 4.31 Å². The highest BCUT2D eigenvalue weighted by Gasteiger charge is 2.30. The fourth-order valence-corrected chi connectivity index (χ4v) is 5.20. The highest BCUT2D eigenvalue weighted by molar-refractivity contribution is 7.89. The highest BCUT2D eigenvalue weighted by atomic mass is 32.2. The molecular formula is C24H33N3O6S. The Balaban J connectivity index is 1.42. The number of carbonyl (C=O) groups is 1. The lowest BCUT2D eigenvalue weighted by Crippen LogP contribution is -2.49. The first kappa shape index (κ1) is 26.0. The number of sulfonamides is 1. The van der Waals surface area contributed by atoms with Gasteiger partial charge in [0, 0.05) is 25.3 Å². The third-order valence-corrected chi connectivity index (χ3v) is 7.11. The number of anilines is 1. The van der Waals surface area contributed by atoms with Crippen molar-refractivity contribution in [3.05, 3.63) is 59.7 Å².